The Balaban J connectivity index is 2.10. The van der Waals surface area contributed by atoms with Gasteiger partial charge >= 0.3 is 0 Å². The molecule has 0 unspecified atom stereocenters. The van der Waals surface area contributed by atoms with Gasteiger partial charge in [0.05, 0.1) is 13.2 Å². The Morgan fingerprint density at radius 1 is 1.00 bits per heavy atom. The maximum atomic E-state index is 12.5. The Kier molecular flexibility index (Phi) is 6.07. The largest absolute Gasteiger partial charge is 0.493 e. The second-order valence-electron chi connectivity index (χ2n) is 6.59. The minimum atomic E-state index is -0.0675. The molecular weight excluding hydrogens is 314 g/mol. The molecule has 4 nitrogen and oxygen atoms in total. The van der Waals surface area contributed by atoms with Crippen molar-refractivity contribution < 1.29 is 14.3 Å². The molecule has 0 spiro atoms. The third kappa shape index (κ3) is 4.75. The molecule has 1 amide bonds. The van der Waals surface area contributed by atoms with E-state index in [1.54, 1.807) is 7.11 Å². The maximum absolute atomic E-state index is 12.5. The van der Waals surface area contributed by atoms with E-state index >= 15 is 0 Å². The number of nitrogens with one attached hydrogen (secondary N) is 1. The minimum absolute atomic E-state index is 0.0675. The molecule has 134 valence electrons. The molecule has 0 aliphatic carbocycles. The van der Waals surface area contributed by atoms with Gasteiger partial charge in [-0.3, -0.25) is 4.79 Å². The summed E-state index contributed by atoms with van der Waals surface area (Å²) in [5.74, 6) is 1.31. The van der Waals surface area contributed by atoms with Crippen LogP contribution < -0.4 is 14.8 Å². The first-order chi connectivity index (χ1) is 11.8. The topological polar surface area (TPSA) is 47.6 Å². The molecular formula is C21H27NO3. The van der Waals surface area contributed by atoms with E-state index < -0.39 is 0 Å². The first kappa shape index (κ1) is 18.8. The van der Waals surface area contributed by atoms with Crippen molar-refractivity contribution in [3.63, 3.8) is 0 Å². The smallest absolute Gasteiger partial charge is 0.251 e. The van der Waals surface area contributed by atoms with Crippen molar-refractivity contribution in [1.29, 1.82) is 0 Å². The fraction of sp³-hybridized carbons (Fsp3) is 0.381. The van der Waals surface area contributed by atoms with Gasteiger partial charge < -0.3 is 14.8 Å². The van der Waals surface area contributed by atoms with Crippen molar-refractivity contribution in [2.24, 2.45) is 0 Å². The van der Waals surface area contributed by atoms with E-state index in [0.29, 0.717) is 18.0 Å². The molecule has 0 heterocycles. The summed E-state index contributed by atoms with van der Waals surface area (Å²) in [4.78, 5) is 12.5. The summed E-state index contributed by atoms with van der Waals surface area (Å²) in [5.41, 5.74) is 4.98. The lowest BCUT2D eigenvalue weighted by molar-refractivity contribution is 0.0950. The van der Waals surface area contributed by atoms with E-state index in [1.807, 2.05) is 58.0 Å². The molecule has 2 rings (SSSR count). The van der Waals surface area contributed by atoms with Crippen LogP contribution in [0, 0.1) is 20.8 Å². The molecule has 25 heavy (non-hydrogen) atoms. The van der Waals surface area contributed by atoms with E-state index in [4.69, 9.17) is 9.47 Å². The van der Waals surface area contributed by atoms with Crippen molar-refractivity contribution in [3.8, 4) is 11.5 Å². The van der Waals surface area contributed by atoms with Crippen LogP contribution in [0.3, 0.4) is 0 Å². The summed E-state index contributed by atoms with van der Waals surface area (Å²) in [7, 11) is 1.61. The molecule has 0 aliphatic heterocycles. The Morgan fingerprint density at radius 3 is 2.32 bits per heavy atom. The number of carbonyl (C=O) groups excluding carboxylic acids is 1. The third-order valence-corrected chi connectivity index (χ3v) is 4.13. The molecule has 0 bridgehead atoms. The molecule has 0 saturated carbocycles. The number of carbonyl (C=O) groups is 1. The summed E-state index contributed by atoms with van der Waals surface area (Å²) in [6, 6.07) is 9.70. The van der Waals surface area contributed by atoms with Crippen LogP contribution in [0.25, 0.3) is 0 Å². The lowest BCUT2D eigenvalue weighted by Crippen LogP contribution is -2.24. The SMILES string of the molecule is COc1cc(CNC(=O)c2cc(C)c(C)cc2C)ccc1OC(C)C. The molecule has 0 atom stereocenters. The van der Waals surface area contributed by atoms with E-state index in [0.717, 1.165) is 22.3 Å². The van der Waals surface area contributed by atoms with Crippen molar-refractivity contribution in [2.75, 3.05) is 7.11 Å². The van der Waals surface area contributed by atoms with Crippen molar-refractivity contribution in [2.45, 2.75) is 47.3 Å². The highest BCUT2D eigenvalue weighted by Crippen LogP contribution is 2.29. The molecule has 2 aromatic rings. The second-order valence-corrected chi connectivity index (χ2v) is 6.59. The van der Waals surface area contributed by atoms with Crippen LogP contribution >= 0.6 is 0 Å². The van der Waals surface area contributed by atoms with Gasteiger partial charge in [0.15, 0.2) is 11.5 Å². The second kappa shape index (κ2) is 8.06. The van der Waals surface area contributed by atoms with Gasteiger partial charge in [-0.2, -0.15) is 0 Å². The van der Waals surface area contributed by atoms with Crippen LogP contribution in [-0.2, 0) is 6.54 Å². The fourth-order valence-corrected chi connectivity index (χ4v) is 2.66. The van der Waals surface area contributed by atoms with Crippen LogP contribution in [0.4, 0.5) is 0 Å². The molecule has 1 N–H and O–H groups in total. The third-order valence-electron chi connectivity index (χ3n) is 4.13. The number of rotatable bonds is 6. The number of aryl methyl sites for hydroxylation is 3. The van der Waals surface area contributed by atoms with Crippen molar-refractivity contribution in [1.82, 2.24) is 5.32 Å². The highest BCUT2D eigenvalue weighted by atomic mass is 16.5. The summed E-state index contributed by atoms with van der Waals surface area (Å²) in [5, 5.41) is 2.98. The number of benzene rings is 2. The Hall–Kier alpha value is -2.49. The van der Waals surface area contributed by atoms with Gasteiger partial charge in [0, 0.05) is 12.1 Å². The van der Waals surface area contributed by atoms with Gasteiger partial charge in [-0.25, -0.2) is 0 Å². The minimum Gasteiger partial charge on any atom is -0.493 e. The summed E-state index contributed by atoms with van der Waals surface area (Å²) >= 11 is 0. The quantitative estimate of drug-likeness (QED) is 0.850. The Bertz CT molecular complexity index is 766. The van der Waals surface area contributed by atoms with E-state index in [2.05, 4.69) is 12.2 Å². The van der Waals surface area contributed by atoms with Crippen molar-refractivity contribution in [3.05, 3.63) is 58.1 Å². The van der Waals surface area contributed by atoms with Crippen LogP contribution in [0.2, 0.25) is 0 Å². The van der Waals surface area contributed by atoms with Gasteiger partial charge in [-0.05, 0) is 75.1 Å². The van der Waals surface area contributed by atoms with Gasteiger partial charge in [-0.1, -0.05) is 12.1 Å². The zero-order valence-electron chi connectivity index (χ0n) is 15.9. The first-order valence-corrected chi connectivity index (χ1v) is 8.51. The van der Waals surface area contributed by atoms with Crippen molar-refractivity contribution >= 4 is 5.91 Å². The summed E-state index contributed by atoms with van der Waals surface area (Å²) < 4.78 is 11.1. The van der Waals surface area contributed by atoms with E-state index in [-0.39, 0.29) is 12.0 Å². The molecule has 0 aliphatic rings. The van der Waals surface area contributed by atoms with Gasteiger partial charge in [-0.15, -0.1) is 0 Å². The Morgan fingerprint density at radius 2 is 1.68 bits per heavy atom. The molecule has 4 heteroatoms. The van der Waals surface area contributed by atoms with Crippen LogP contribution in [0.15, 0.2) is 30.3 Å². The number of hydrogen-bond donors (Lipinski definition) is 1. The van der Waals surface area contributed by atoms with Crippen LogP contribution in [-0.4, -0.2) is 19.1 Å². The van der Waals surface area contributed by atoms with E-state index in [1.165, 1.54) is 5.56 Å². The molecule has 0 radical (unpaired) electrons. The fourth-order valence-electron chi connectivity index (χ4n) is 2.66. The molecule has 0 saturated heterocycles. The van der Waals surface area contributed by atoms with Gasteiger partial charge in [0.2, 0.25) is 0 Å². The summed E-state index contributed by atoms with van der Waals surface area (Å²) in [6.07, 6.45) is 0.0761. The standard InChI is InChI=1S/C21H27NO3/c1-13(2)25-19-8-7-17(11-20(19)24-6)12-22-21(23)18-10-15(4)14(3)9-16(18)5/h7-11,13H,12H2,1-6H3,(H,22,23). The predicted octanol–water partition coefficient (Wildman–Crippen LogP) is 4.34. The zero-order valence-corrected chi connectivity index (χ0v) is 15.9. The number of amides is 1. The first-order valence-electron chi connectivity index (χ1n) is 8.51. The number of hydrogen-bond acceptors (Lipinski definition) is 3. The average molecular weight is 341 g/mol. The van der Waals surface area contributed by atoms with E-state index in [9.17, 15) is 4.79 Å². The number of methoxy groups -OCH3 is 1. The predicted molar refractivity (Wildman–Crippen MR) is 101 cm³/mol. The molecule has 0 fully saturated rings. The summed E-state index contributed by atoms with van der Waals surface area (Å²) in [6.45, 7) is 10.4. The van der Waals surface area contributed by atoms with Gasteiger partial charge in [0.1, 0.15) is 0 Å². The van der Waals surface area contributed by atoms with Gasteiger partial charge in [0.25, 0.3) is 5.91 Å². The highest BCUT2D eigenvalue weighted by molar-refractivity contribution is 5.95. The molecule has 0 aromatic heterocycles. The maximum Gasteiger partial charge on any atom is 0.251 e. The normalized spacial score (nSPS) is 10.7. The zero-order chi connectivity index (χ0) is 18.6. The average Bonchev–Trinajstić information content (AvgIpc) is 2.56. The number of ether oxygens (including phenoxy) is 2. The lowest BCUT2D eigenvalue weighted by atomic mass is 10.0. The van der Waals surface area contributed by atoms with Crippen LogP contribution in [0.1, 0.15) is 46.5 Å². The Labute approximate surface area is 150 Å². The highest BCUT2D eigenvalue weighted by Gasteiger charge is 2.12. The lowest BCUT2D eigenvalue weighted by Gasteiger charge is -2.15. The monoisotopic (exact) mass is 341 g/mol. The molecule has 2 aromatic carbocycles. The van der Waals surface area contributed by atoms with Crippen LogP contribution in [0.5, 0.6) is 11.5 Å².